The molecule has 1 saturated heterocycles. The number of hydrogen-bond donors (Lipinski definition) is 2. The van der Waals surface area contributed by atoms with Gasteiger partial charge in [-0.2, -0.15) is 10.1 Å². The predicted molar refractivity (Wildman–Crippen MR) is 128 cm³/mol. The van der Waals surface area contributed by atoms with Crippen molar-refractivity contribution >= 4 is 16.5 Å². The van der Waals surface area contributed by atoms with E-state index in [0.29, 0.717) is 18.5 Å². The summed E-state index contributed by atoms with van der Waals surface area (Å²) in [6, 6.07) is 8.18. The van der Waals surface area contributed by atoms with E-state index < -0.39 is 0 Å². The number of benzene rings is 1. The fourth-order valence-corrected chi connectivity index (χ4v) is 6.31. The van der Waals surface area contributed by atoms with Crippen LogP contribution in [0, 0.1) is 0 Å². The molecule has 2 aliphatic rings. The van der Waals surface area contributed by atoms with Crippen molar-refractivity contribution in [2.75, 3.05) is 11.9 Å². The molecule has 0 amide bonds. The summed E-state index contributed by atoms with van der Waals surface area (Å²) in [5.41, 5.74) is 3.93. The lowest BCUT2D eigenvalue weighted by molar-refractivity contribution is 0.161. The molecule has 0 aliphatic carbocycles. The van der Waals surface area contributed by atoms with Crippen molar-refractivity contribution in [2.24, 2.45) is 0 Å². The molecule has 168 valence electrons. The van der Waals surface area contributed by atoms with E-state index in [-0.39, 0.29) is 16.6 Å². The number of hydrogen-bond acceptors (Lipinski definition) is 7. The summed E-state index contributed by atoms with van der Waals surface area (Å²) in [6.45, 7) is 9.56. The Morgan fingerprint density at radius 1 is 1.12 bits per heavy atom. The number of H-pyrrole nitrogens is 1. The number of nitrogens with zero attached hydrogens (tertiary/aromatic N) is 3. The molecule has 1 fully saturated rings. The van der Waals surface area contributed by atoms with Crippen molar-refractivity contribution in [1.82, 2.24) is 20.5 Å². The highest BCUT2D eigenvalue weighted by Gasteiger charge is 2.40. The zero-order valence-electron chi connectivity index (χ0n) is 19.2. The second kappa shape index (κ2) is 7.42. The SMILES string of the molecule is CN(c1nc2c(s1)-c1ccc(-c3cn[nH]c(=O)c3)cc1CO2)C1CC(C)(C)NC(C)(C)C1. The molecule has 2 aromatic heterocycles. The number of ether oxygens (including phenoxy) is 1. The minimum absolute atomic E-state index is 0.0745. The number of piperidine rings is 1. The minimum atomic E-state index is -0.210. The Balaban J connectivity index is 1.45. The van der Waals surface area contributed by atoms with Crippen LogP contribution in [0.2, 0.25) is 0 Å². The lowest BCUT2D eigenvalue weighted by Gasteiger charge is -2.48. The maximum absolute atomic E-state index is 11.6. The highest BCUT2D eigenvalue weighted by Crippen LogP contribution is 2.46. The molecule has 7 nitrogen and oxygen atoms in total. The van der Waals surface area contributed by atoms with Crippen molar-refractivity contribution in [3.8, 4) is 27.4 Å². The van der Waals surface area contributed by atoms with Crippen LogP contribution in [0.15, 0.2) is 35.3 Å². The van der Waals surface area contributed by atoms with E-state index >= 15 is 0 Å². The first kappa shape index (κ1) is 21.2. The third-order valence-electron chi connectivity index (χ3n) is 6.32. The average Bonchev–Trinajstić information content (AvgIpc) is 3.15. The van der Waals surface area contributed by atoms with Gasteiger partial charge in [0.05, 0.1) is 6.20 Å². The lowest BCUT2D eigenvalue weighted by atomic mass is 9.79. The molecular weight excluding hydrogens is 422 g/mol. The topological polar surface area (TPSA) is 83.1 Å². The zero-order chi connectivity index (χ0) is 22.7. The summed E-state index contributed by atoms with van der Waals surface area (Å²) in [5.74, 6) is 0.711. The highest BCUT2D eigenvalue weighted by atomic mass is 32.1. The third-order valence-corrected chi connectivity index (χ3v) is 7.48. The summed E-state index contributed by atoms with van der Waals surface area (Å²) in [4.78, 5) is 19.9. The van der Waals surface area contributed by atoms with Crippen LogP contribution in [0.3, 0.4) is 0 Å². The minimum Gasteiger partial charge on any atom is -0.472 e. The summed E-state index contributed by atoms with van der Waals surface area (Å²) in [5, 5.41) is 11.1. The van der Waals surface area contributed by atoms with E-state index in [4.69, 9.17) is 9.72 Å². The van der Waals surface area contributed by atoms with Gasteiger partial charge in [-0.1, -0.05) is 23.5 Å². The van der Waals surface area contributed by atoms with E-state index in [1.807, 2.05) is 6.07 Å². The first-order valence-electron chi connectivity index (χ1n) is 10.9. The fourth-order valence-electron chi connectivity index (χ4n) is 5.21. The first-order valence-corrected chi connectivity index (χ1v) is 11.8. The second-order valence-electron chi connectivity index (χ2n) is 10.2. The van der Waals surface area contributed by atoms with Crippen LogP contribution in [0.25, 0.3) is 21.6 Å². The molecule has 0 spiro atoms. The van der Waals surface area contributed by atoms with Gasteiger partial charge in [-0.05, 0) is 57.7 Å². The van der Waals surface area contributed by atoms with Gasteiger partial charge in [0.25, 0.3) is 5.56 Å². The fraction of sp³-hybridized carbons (Fsp3) is 0.458. The van der Waals surface area contributed by atoms with Crippen molar-refractivity contribution in [3.05, 3.63) is 46.4 Å². The molecular formula is C24H29N5O2S. The Hall–Kier alpha value is -2.71. The smallest absolute Gasteiger partial charge is 0.264 e. The third kappa shape index (κ3) is 3.93. The van der Waals surface area contributed by atoms with Crippen molar-refractivity contribution < 1.29 is 4.74 Å². The van der Waals surface area contributed by atoms with Gasteiger partial charge in [0, 0.05) is 41.4 Å². The number of aromatic amines is 1. The van der Waals surface area contributed by atoms with Crippen LogP contribution >= 0.6 is 11.3 Å². The molecule has 1 aromatic carbocycles. The zero-order valence-corrected chi connectivity index (χ0v) is 20.0. The van der Waals surface area contributed by atoms with E-state index in [2.05, 4.69) is 67.3 Å². The van der Waals surface area contributed by atoms with Gasteiger partial charge < -0.3 is 15.0 Å². The Morgan fingerprint density at radius 2 is 1.88 bits per heavy atom. The molecule has 0 bridgehead atoms. The van der Waals surface area contributed by atoms with Gasteiger partial charge in [0.1, 0.15) is 11.5 Å². The number of fused-ring (bicyclic) bond motifs is 3. The van der Waals surface area contributed by atoms with Crippen molar-refractivity contribution in [3.63, 3.8) is 0 Å². The van der Waals surface area contributed by atoms with E-state index in [1.165, 1.54) is 0 Å². The molecule has 0 atom stereocenters. The molecule has 0 radical (unpaired) electrons. The van der Waals surface area contributed by atoms with Crippen LogP contribution in [-0.2, 0) is 6.61 Å². The number of rotatable bonds is 3. The monoisotopic (exact) mass is 451 g/mol. The number of aromatic nitrogens is 3. The summed E-state index contributed by atoms with van der Waals surface area (Å²) in [7, 11) is 2.15. The van der Waals surface area contributed by atoms with Crippen LogP contribution in [0.1, 0.15) is 46.1 Å². The van der Waals surface area contributed by atoms with E-state index in [9.17, 15) is 4.79 Å². The number of anilines is 1. The van der Waals surface area contributed by atoms with Gasteiger partial charge in [-0.25, -0.2) is 5.10 Å². The van der Waals surface area contributed by atoms with Crippen molar-refractivity contribution in [2.45, 2.75) is 64.3 Å². The van der Waals surface area contributed by atoms with Crippen LogP contribution in [0.5, 0.6) is 5.88 Å². The molecule has 0 unspecified atom stereocenters. The maximum atomic E-state index is 11.6. The highest BCUT2D eigenvalue weighted by molar-refractivity contribution is 7.19. The largest absolute Gasteiger partial charge is 0.472 e. The number of thiazole rings is 1. The normalized spacial score (nSPS) is 19.0. The second-order valence-corrected chi connectivity index (χ2v) is 11.2. The van der Waals surface area contributed by atoms with Gasteiger partial charge in [-0.15, -0.1) is 0 Å². The van der Waals surface area contributed by atoms with Crippen LogP contribution in [0.4, 0.5) is 5.13 Å². The summed E-state index contributed by atoms with van der Waals surface area (Å²) < 4.78 is 6.04. The quantitative estimate of drug-likeness (QED) is 0.621. The summed E-state index contributed by atoms with van der Waals surface area (Å²) >= 11 is 1.69. The molecule has 32 heavy (non-hydrogen) atoms. The predicted octanol–water partition coefficient (Wildman–Crippen LogP) is 4.20. The number of nitrogens with one attached hydrogen (secondary N) is 2. The van der Waals surface area contributed by atoms with E-state index in [1.54, 1.807) is 23.6 Å². The van der Waals surface area contributed by atoms with Gasteiger partial charge in [0.15, 0.2) is 5.13 Å². The first-order chi connectivity index (χ1) is 15.1. The molecule has 4 heterocycles. The van der Waals surface area contributed by atoms with Crippen molar-refractivity contribution in [1.29, 1.82) is 0 Å². The molecule has 5 rings (SSSR count). The average molecular weight is 452 g/mol. The molecule has 3 aromatic rings. The van der Waals surface area contributed by atoms with Crippen LogP contribution in [-0.4, -0.2) is 39.3 Å². The van der Waals surface area contributed by atoms with Crippen LogP contribution < -0.4 is 20.5 Å². The van der Waals surface area contributed by atoms with E-state index in [0.717, 1.165) is 45.1 Å². The Labute approximate surface area is 191 Å². The Morgan fingerprint density at radius 3 is 2.59 bits per heavy atom. The summed E-state index contributed by atoms with van der Waals surface area (Å²) in [6.07, 6.45) is 3.78. The molecule has 0 saturated carbocycles. The standard InChI is InChI=1S/C24H29N5O2S/c1-23(2)10-17(11-24(3,4)28-23)29(5)22-26-21-20(32-22)18-7-6-14(8-16(18)13-31-21)15-9-19(30)27-25-12-15/h6-9,12,17,28H,10-11,13H2,1-5H3,(H,27,30). The molecule has 8 heteroatoms. The Bertz CT molecular complexity index is 1210. The maximum Gasteiger partial charge on any atom is 0.264 e. The molecule has 2 N–H and O–H groups in total. The van der Waals surface area contributed by atoms with Gasteiger partial charge in [0.2, 0.25) is 5.88 Å². The molecule has 2 aliphatic heterocycles. The lowest BCUT2D eigenvalue weighted by Crippen LogP contribution is -2.61. The van der Waals surface area contributed by atoms with Gasteiger partial charge in [-0.3, -0.25) is 4.79 Å². The van der Waals surface area contributed by atoms with Gasteiger partial charge >= 0.3 is 0 Å². The Kier molecular flexibility index (Phi) is 4.90.